The SMILES string of the molecule is CC[C@@H](/C(=N\O)C1CC1)S(C)(=O)=O. The average Bonchev–Trinajstić information content (AvgIpc) is 2.79. The molecule has 0 spiro atoms. The smallest absolute Gasteiger partial charge is 0.155 e. The summed E-state index contributed by atoms with van der Waals surface area (Å²) in [5.41, 5.74) is 0.449. The largest absolute Gasteiger partial charge is 0.411 e. The molecule has 0 radical (unpaired) electrons. The van der Waals surface area contributed by atoms with Crippen molar-refractivity contribution < 1.29 is 13.6 Å². The Balaban J connectivity index is 2.87. The quantitative estimate of drug-likeness (QED) is 0.424. The Bertz CT molecular complexity index is 303. The van der Waals surface area contributed by atoms with Crippen LogP contribution in [0.2, 0.25) is 0 Å². The molecule has 0 aliphatic heterocycles. The first-order valence-electron chi connectivity index (χ1n) is 4.41. The standard InChI is InChI=1S/C8H15NO3S/c1-3-7(13(2,11)12)8(9-10)6-4-5-6/h6-7,10H,3-5H2,1-2H3/b9-8-/t7-/m0/s1. The van der Waals surface area contributed by atoms with Gasteiger partial charge in [-0.05, 0) is 19.3 Å². The Morgan fingerprint density at radius 2 is 2.15 bits per heavy atom. The monoisotopic (exact) mass is 205 g/mol. The highest BCUT2D eigenvalue weighted by Crippen LogP contribution is 2.33. The molecule has 1 rings (SSSR count). The Morgan fingerprint density at radius 1 is 1.62 bits per heavy atom. The molecule has 1 atom stereocenters. The van der Waals surface area contributed by atoms with Crippen LogP contribution in [0.25, 0.3) is 0 Å². The zero-order valence-electron chi connectivity index (χ0n) is 7.90. The molecule has 1 aliphatic carbocycles. The molecule has 0 bridgehead atoms. The molecular formula is C8H15NO3S. The summed E-state index contributed by atoms with van der Waals surface area (Å²) in [6.07, 6.45) is 3.57. The number of hydrogen-bond donors (Lipinski definition) is 1. The van der Waals surface area contributed by atoms with E-state index in [-0.39, 0.29) is 5.92 Å². The van der Waals surface area contributed by atoms with Gasteiger partial charge in [-0.3, -0.25) is 0 Å². The van der Waals surface area contributed by atoms with E-state index < -0.39 is 15.1 Å². The Kier molecular flexibility index (Phi) is 2.95. The summed E-state index contributed by atoms with van der Waals surface area (Å²) < 4.78 is 22.6. The average molecular weight is 205 g/mol. The van der Waals surface area contributed by atoms with E-state index in [1.165, 1.54) is 6.26 Å². The first-order chi connectivity index (χ1) is 6.00. The molecule has 4 nitrogen and oxygen atoms in total. The summed E-state index contributed by atoms with van der Waals surface area (Å²) in [4.78, 5) is 0. The predicted octanol–water partition coefficient (Wildman–Crippen LogP) is 1.05. The third-order valence-electron chi connectivity index (χ3n) is 2.33. The van der Waals surface area contributed by atoms with Crippen molar-refractivity contribution in [3.05, 3.63) is 0 Å². The zero-order chi connectivity index (χ0) is 10.1. The first kappa shape index (κ1) is 10.5. The van der Waals surface area contributed by atoms with Gasteiger partial charge in [-0.2, -0.15) is 0 Å². The number of rotatable bonds is 4. The summed E-state index contributed by atoms with van der Waals surface area (Å²) in [7, 11) is -3.12. The highest BCUT2D eigenvalue weighted by Gasteiger charge is 2.37. The number of oxime groups is 1. The molecule has 0 aromatic carbocycles. The van der Waals surface area contributed by atoms with Gasteiger partial charge in [-0.15, -0.1) is 0 Å². The van der Waals surface area contributed by atoms with E-state index in [1.54, 1.807) is 6.92 Å². The molecule has 1 fully saturated rings. The lowest BCUT2D eigenvalue weighted by Gasteiger charge is -2.13. The van der Waals surface area contributed by atoms with Gasteiger partial charge in [0.25, 0.3) is 0 Å². The summed E-state index contributed by atoms with van der Waals surface area (Å²) in [5.74, 6) is 0.199. The lowest BCUT2D eigenvalue weighted by atomic mass is 10.1. The fourth-order valence-electron chi connectivity index (χ4n) is 1.52. The van der Waals surface area contributed by atoms with Crippen LogP contribution >= 0.6 is 0 Å². The third kappa shape index (κ3) is 2.43. The minimum atomic E-state index is -3.12. The molecule has 76 valence electrons. The van der Waals surface area contributed by atoms with Crippen molar-refractivity contribution in [2.75, 3.05) is 6.26 Å². The molecular weight excluding hydrogens is 190 g/mol. The van der Waals surface area contributed by atoms with Gasteiger partial charge < -0.3 is 5.21 Å². The van der Waals surface area contributed by atoms with Crippen molar-refractivity contribution >= 4 is 15.5 Å². The second-order valence-electron chi connectivity index (χ2n) is 3.53. The molecule has 0 saturated heterocycles. The van der Waals surface area contributed by atoms with Crippen LogP contribution in [0.15, 0.2) is 5.16 Å². The predicted molar refractivity (Wildman–Crippen MR) is 50.9 cm³/mol. The number of sulfone groups is 1. The van der Waals surface area contributed by atoms with Gasteiger partial charge in [-0.25, -0.2) is 8.42 Å². The van der Waals surface area contributed by atoms with E-state index >= 15 is 0 Å². The molecule has 0 unspecified atom stereocenters. The molecule has 0 aromatic heterocycles. The van der Waals surface area contributed by atoms with Crippen molar-refractivity contribution in [3.63, 3.8) is 0 Å². The Hall–Kier alpha value is -0.580. The molecule has 0 aromatic rings. The van der Waals surface area contributed by atoms with Gasteiger partial charge in [0.1, 0.15) is 5.25 Å². The van der Waals surface area contributed by atoms with Gasteiger partial charge in [-0.1, -0.05) is 12.1 Å². The topological polar surface area (TPSA) is 66.7 Å². The maximum atomic E-state index is 11.3. The molecule has 1 saturated carbocycles. The Morgan fingerprint density at radius 3 is 2.38 bits per heavy atom. The van der Waals surface area contributed by atoms with Gasteiger partial charge in [0, 0.05) is 12.2 Å². The van der Waals surface area contributed by atoms with E-state index in [0.29, 0.717) is 12.1 Å². The minimum absolute atomic E-state index is 0.199. The summed E-state index contributed by atoms with van der Waals surface area (Å²) in [6, 6.07) is 0. The summed E-state index contributed by atoms with van der Waals surface area (Å²) in [5, 5.41) is 11.3. The van der Waals surface area contributed by atoms with Crippen molar-refractivity contribution in [1.82, 2.24) is 0 Å². The van der Waals surface area contributed by atoms with Crippen LogP contribution < -0.4 is 0 Å². The van der Waals surface area contributed by atoms with Crippen molar-refractivity contribution in [2.45, 2.75) is 31.4 Å². The normalized spacial score (nSPS) is 21.5. The molecule has 0 amide bonds. The van der Waals surface area contributed by atoms with Crippen molar-refractivity contribution in [3.8, 4) is 0 Å². The van der Waals surface area contributed by atoms with Crippen LogP contribution in [0.4, 0.5) is 0 Å². The fraction of sp³-hybridized carbons (Fsp3) is 0.875. The van der Waals surface area contributed by atoms with Crippen LogP contribution in [-0.4, -0.2) is 30.8 Å². The second-order valence-corrected chi connectivity index (χ2v) is 5.75. The first-order valence-corrected chi connectivity index (χ1v) is 6.36. The van der Waals surface area contributed by atoms with E-state index in [0.717, 1.165) is 12.8 Å². The second kappa shape index (κ2) is 3.65. The van der Waals surface area contributed by atoms with Crippen LogP contribution in [0, 0.1) is 5.92 Å². The van der Waals surface area contributed by atoms with Crippen molar-refractivity contribution in [2.24, 2.45) is 11.1 Å². The van der Waals surface area contributed by atoms with Gasteiger partial charge in [0.05, 0.1) is 5.71 Å². The lowest BCUT2D eigenvalue weighted by Crippen LogP contribution is -2.30. The molecule has 1 aliphatic rings. The molecule has 5 heteroatoms. The lowest BCUT2D eigenvalue weighted by molar-refractivity contribution is 0.315. The zero-order valence-corrected chi connectivity index (χ0v) is 8.71. The summed E-state index contributed by atoms with van der Waals surface area (Å²) >= 11 is 0. The van der Waals surface area contributed by atoms with Crippen molar-refractivity contribution in [1.29, 1.82) is 0 Å². The number of hydrogen-bond acceptors (Lipinski definition) is 4. The maximum Gasteiger partial charge on any atom is 0.155 e. The maximum absolute atomic E-state index is 11.3. The number of nitrogens with zero attached hydrogens (tertiary/aromatic N) is 1. The van der Waals surface area contributed by atoms with Gasteiger partial charge >= 0.3 is 0 Å². The van der Waals surface area contributed by atoms with Crippen LogP contribution in [0.5, 0.6) is 0 Å². The molecule has 0 heterocycles. The third-order valence-corrected chi connectivity index (χ3v) is 3.94. The van der Waals surface area contributed by atoms with E-state index in [2.05, 4.69) is 5.16 Å². The van der Waals surface area contributed by atoms with Gasteiger partial charge in [0.2, 0.25) is 0 Å². The highest BCUT2D eigenvalue weighted by molar-refractivity contribution is 7.92. The van der Waals surface area contributed by atoms with Crippen LogP contribution in [0.3, 0.4) is 0 Å². The van der Waals surface area contributed by atoms with Gasteiger partial charge in [0.15, 0.2) is 9.84 Å². The molecule has 13 heavy (non-hydrogen) atoms. The fourth-order valence-corrected chi connectivity index (χ4v) is 2.80. The summed E-state index contributed by atoms with van der Waals surface area (Å²) in [6.45, 7) is 1.79. The van der Waals surface area contributed by atoms with Crippen LogP contribution in [-0.2, 0) is 9.84 Å². The van der Waals surface area contributed by atoms with E-state index in [9.17, 15) is 8.42 Å². The van der Waals surface area contributed by atoms with E-state index in [4.69, 9.17) is 5.21 Å². The Labute approximate surface area is 78.6 Å². The highest BCUT2D eigenvalue weighted by atomic mass is 32.2. The van der Waals surface area contributed by atoms with Crippen LogP contribution in [0.1, 0.15) is 26.2 Å². The minimum Gasteiger partial charge on any atom is -0.411 e. The van der Waals surface area contributed by atoms with E-state index in [1.807, 2.05) is 0 Å². The molecule has 1 N–H and O–H groups in total.